The summed E-state index contributed by atoms with van der Waals surface area (Å²) >= 11 is 0. The SMILES string of the molecule is C#C.C#C.C=CCc1ccccc1N(CC=C)c1cc(C)cc(-c2ccccc2OC(C)CC[C@H](C)Oc2ccccc2-c2cc(C)cc(N(C)c3ccccc3C/C=C\C=C/C)c2O)c1O. The number of anilines is 4. The van der Waals surface area contributed by atoms with Gasteiger partial charge >= 0.3 is 0 Å². The number of benzene rings is 6. The predicted molar refractivity (Wildman–Crippen MR) is 285 cm³/mol. The van der Waals surface area contributed by atoms with Crippen LogP contribution in [0.3, 0.4) is 0 Å². The summed E-state index contributed by atoms with van der Waals surface area (Å²) in [4.78, 5) is 4.17. The van der Waals surface area contributed by atoms with E-state index in [4.69, 9.17) is 9.47 Å². The second kappa shape index (κ2) is 26.2. The molecule has 6 heteroatoms. The molecule has 0 fully saturated rings. The second-order valence-corrected chi connectivity index (χ2v) is 16.2. The van der Waals surface area contributed by atoms with Crippen LogP contribution in [-0.4, -0.2) is 36.0 Å². The molecular weight excluding hydrogens is 825 g/mol. The van der Waals surface area contributed by atoms with Gasteiger partial charge in [0.05, 0.1) is 23.6 Å². The summed E-state index contributed by atoms with van der Waals surface area (Å²) in [6, 6.07) is 40.4. The number of aromatic hydroxyl groups is 2. The van der Waals surface area contributed by atoms with Crippen LogP contribution in [0.25, 0.3) is 22.3 Å². The molecule has 2 atom stereocenters. The Hall–Kier alpha value is -7.80. The monoisotopic (exact) mass is 891 g/mol. The van der Waals surface area contributed by atoms with Crippen LogP contribution >= 0.6 is 0 Å². The van der Waals surface area contributed by atoms with Gasteiger partial charge in [-0.05, 0) is 131 Å². The molecule has 1 unspecified atom stereocenters. The molecule has 0 amide bonds. The maximum atomic E-state index is 12.0. The predicted octanol–water partition coefficient (Wildman–Crippen LogP) is 15.1. The number of nitrogens with zero attached hydrogens (tertiary/aromatic N) is 2. The minimum atomic E-state index is -0.151. The maximum absolute atomic E-state index is 12.0. The van der Waals surface area contributed by atoms with E-state index in [1.807, 2.05) is 136 Å². The van der Waals surface area contributed by atoms with Crippen LogP contribution < -0.4 is 19.3 Å². The van der Waals surface area contributed by atoms with Gasteiger partial charge in [0.25, 0.3) is 0 Å². The Morgan fingerprint density at radius 2 is 1.03 bits per heavy atom. The molecule has 0 aromatic heterocycles. The molecule has 0 saturated carbocycles. The topological polar surface area (TPSA) is 65.4 Å². The van der Waals surface area contributed by atoms with Crippen molar-refractivity contribution in [3.8, 4) is 70.9 Å². The third-order valence-electron chi connectivity index (χ3n) is 11.2. The lowest BCUT2D eigenvalue weighted by atomic mass is 9.98. The molecule has 0 saturated heterocycles. The summed E-state index contributed by atoms with van der Waals surface area (Å²) in [5, 5.41) is 24.0. The summed E-state index contributed by atoms with van der Waals surface area (Å²) in [5.41, 5.74) is 10.8. The zero-order valence-electron chi connectivity index (χ0n) is 40.0. The zero-order valence-corrected chi connectivity index (χ0v) is 40.0. The minimum Gasteiger partial charge on any atom is -0.505 e. The van der Waals surface area contributed by atoms with E-state index in [0.29, 0.717) is 35.7 Å². The fraction of sp³-hybridized carbons (Fsp3) is 0.213. The van der Waals surface area contributed by atoms with Gasteiger partial charge < -0.3 is 29.5 Å². The van der Waals surface area contributed by atoms with Crippen LogP contribution in [0.1, 0.15) is 55.9 Å². The van der Waals surface area contributed by atoms with Crippen LogP contribution in [0.15, 0.2) is 171 Å². The molecule has 344 valence electrons. The van der Waals surface area contributed by atoms with E-state index in [1.165, 1.54) is 0 Å². The van der Waals surface area contributed by atoms with E-state index < -0.39 is 0 Å². The molecular formula is C61H66N2O4. The van der Waals surface area contributed by atoms with Crippen molar-refractivity contribution in [3.05, 3.63) is 193 Å². The molecule has 0 spiro atoms. The summed E-state index contributed by atoms with van der Waals surface area (Å²) in [5.74, 6) is 1.78. The third kappa shape index (κ3) is 13.4. The van der Waals surface area contributed by atoms with Gasteiger partial charge in [0.1, 0.15) is 23.0 Å². The number of terminal acetylenes is 2. The molecule has 6 nitrogen and oxygen atoms in total. The Morgan fingerprint density at radius 3 is 1.55 bits per heavy atom. The standard InChI is InChI=1S/C57H62N2O4.2C2H2/c1-9-12-13-14-24-45-26-15-19-29-50(45)58(8)52-38-40(4)36-48(56(52)60)46-27-17-21-31-54(46)62-42(6)33-34-43(7)63-55-32-22-18-28-47(55)49-37-41(5)39-53(57(49)61)59(35-11-3)51-30-20-16-25-44(51)23-10-2;2*1-2/h9-22,25-32,36-39,42-43,60-61H,2-3,23-24,33-35H2,1,4-8H3;2*1-2H/b12-9-,14-13-;;/t42-,43?;;/m0../s1. The lowest BCUT2D eigenvalue weighted by molar-refractivity contribution is 0.161. The van der Waals surface area contributed by atoms with E-state index in [1.54, 1.807) is 0 Å². The van der Waals surface area contributed by atoms with Gasteiger partial charge in [-0.15, -0.1) is 38.9 Å². The van der Waals surface area contributed by atoms with Crippen LogP contribution in [-0.2, 0) is 12.8 Å². The van der Waals surface area contributed by atoms with Gasteiger partial charge in [-0.2, -0.15) is 0 Å². The molecule has 6 aromatic rings. The maximum Gasteiger partial charge on any atom is 0.147 e. The Morgan fingerprint density at radius 1 is 0.567 bits per heavy atom. The fourth-order valence-corrected chi connectivity index (χ4v) is 8.08. The van der Waals surface area contributed by atoms with E-state index >= 15 is 0 Å². The van der Waals surface area contributed by atoms with Crippen molar-refractivity contribution in [2.45, 2.75) is 72.5 Å². The molecule has 0 aliphatic heterocycles. The summed E-state index contributed by atoms with van der Waals surface area (Å²) in [6.07, 6.45) is 30.6. The quantitative estimate of drug-likeness (QED) is 0.0452. The van der Waals surface area contributed by atoms with Crippen LogP contribution in [0, 0.1) is 39.5 Å². The summed E-state index contributed by atoms with van der Waals surface area (Å²) < 4.78 is 13.3. The number of hydrogen-bond acceptors (Lipinski definition) is 6. The number of phenols is 2. The molecule has 0 heterocycles. The van der Waals surface area contributed by atoms with Gasteiger partial charge in [-0.3, -0.25) is 0 Å². The zero-order chi connectivity index (χ0) is 48.9. The van der Waals surface area contributed by atoms with E-state index in [9.17, 15) is 10.2 Å². The van der Waals surface area contributed by atoms with Crippen LogP contribution in [0.5, 0.6) is 23.0 Å². The first-order valence-electron chi connectivity index (χ1n) is 22.6. The Labute approximate surface area is 400 Å². The largest absolute Gasteiger partial charge is 0.505 e. The van der Waals surface area contributed by atoms with Crippen molar-refractivity contribution in [2.75, 3.05) is 23.4 Å². The van der Waals surface area contributed by atoms with Gasteiger partial charge in [0.15, 0.2) is 0 Å². The lowest BCUT2D eigenvalue weighted by Crippen LogP contribution is -2.19. The first-order chi connectivity index (χ1) is 32.5. The molecule has 6 aromatic carbocycles. The van der Waals surface area contributed by atoms with E-state index in [-0.39, 0.29) is 23.7 Å². The molecule has 6 rings (SSSR count). The average molecular weight is 891 g/mol. The van der Waals surface area contributed by atoms with Crippen molar-refractivity contribution in [3.63, 3.8) is 0 Å². The van der Waals surface area contributed by atoms with Crippen molar-refractivity contribution >= 4 is 22.7 Å². The number of allylic oxidation sites excluding steroid dienone is 5. The molecule has 0 radical (unpaired) electrons. The Bertz CT molecular complexity index is 2660. The third-order valence-corrected chi connectivity index (χ3v) is 11.2. The summed E-state index contributed by atoms with van der Waals surface area (Å²) in [6.45, 7) is 18.8. The molecule has 67 heavy (non-hydrogen) atoms. The van der Waals surface area contributed by atoms with Gasteiger partial charge in [0, 0.05) is 47.2 Å². The van der Waals surface area contributed by atoms with E-state index in [0.717, 1.165) is 75.3 Å². The highest BCUT2D eigenvalue weighted by Crippen LogP contribution is 2.46. The Balaban J connectivity index is 0.00000238. The molecule has 2 N–H and O–H groups in total. The van der Waals surface area contributed by atoms with Crippen LogP contribution in [0.4, 0.5) is 22.7 Å². The number of aryl methyl sites for hydroxylation is 2. The van der Waals surface area contributed by atoms with Crippen molar-refractivity contribution in [1.82, 2.24) is 0 Å². The van der Waals surface area contributed by atoms with Gasteiger partial charge in [-0.1, -0.05) is 109 Å². The number of hydrogen-bond donors (Lipinski definition) is 2. The van der Waals surface area contributed by atoms with E-state index in [2.05, 4.69) is 112 Å². The number of phenolic OH excluding ortho intramolecular Hbond substituents is 2. The fourth-order valence-electron chi connectivity index (χ4n) is 8.08. The Kier molecular flexibility index (Phi) is 20.3. The first kappa shape index (κ1) is 51.8. The molecule has 0 bridgehead atoms. The average Bonchev–Trinajstić information content (AvgIpc) is 3.35. The number of para-hydroxylation sites is 4. The van der Waals surface area contributed by atoms with Crippen molar-refractivity contribution in [1.29, 1.82) is 0 Å². The summed E-state index contributed by atoms with van der Waals surface area (Å²) in [7, 11) is 2.00. The smallest absolute Gasteiger partial charge is 0.147 e. The van der Waals surface area contributed by atoms with Crippen molar-refractivity contribution < 1.29 is 19.7 Å². The van der Waals surface area contributed by atoms with Crippen LogP contribution in [0.2, 0.25) is 0 Å². The highest BCUT2D eigenvalue weighted by Gasteiger charge is 2.23. The number of ether oxygens (including phenoxy) is 2. The molecule has 0 aliphatic carbocycles. The second-order valence-electron chi connectivity index (χ2n) is 16.2. The van der Waals surface area contributed by atoms with Gasteiger partial charge in [0.2, 0.25) is 0 Å². The number of rotatable bonds is 20. The highest BCUT2D eigenvalue weighted by atomic mass is 16.5. The highest BCUT2D eigenvalue weighted by molar-refractivity contribution is 5.86. The first-order valence-corrected chi connectivity index (χ1v) is 22.6. The van der Waals surface area contributed by atoms with Crippen molar-refractivity contribution in [2.24, 2.45) is 0 Å². The normalized spacial score (nSPS) is 11.6. The minimum absolute atomic E-state index is 0.146. The molecule has 0 aliphatic rings. The lowest BCUT2D eigenvalue weighted by Gasteiger charge is -2.28. The van der Waals surface area contributed by atoms with Gasteiger partial charge in [-0.25, -0.2) is 0 Å².